The maximum absolute atomic E-state index is 14.7. The summed E-state index contributed by atoms with van der Waals surface area (Å²) < 4.78 is 25.7. The number of aliphatic hydroxyl groups is 1. The van der Waals surface area contributed by atoms with Crippen LogP contribution in [0.5, 0.6) is 0 Å². The van der Waals surface area contributed by atoms with E-state index in [1.807, 2.05) is 64.0 Å². The van der Waals surface area contributed by atoms with Gasteiger partial charge < -0.3 is 34.3 Å². The number of Topliss-reactive ketones (excluding diaryl/α,β-unsaturated/α-hetero) is 1. The van der Waals surface area contributed by atoms with Crippen molar-refractivity contribution in [1.29, 1.82) is 0 Å². The van der Waals surface area contributed by atoms with Gasteiger partial charge in [-0.3, -0.25) is 19.5 Å². The van der Waals surface area contributed by atoms with Gasteiger partial charge >= 0.3 is 12.1 Å². The largest absolute Gasteiger partial charge is 0.458 e. The Morgan fingerprint density at radius 1 is 1.03 bits per heavy atom. The number of hydrogen-bond acceptors (Lipinski definition) is 12. The van der Waals surface area contributed by atoms with Crippen molar-refractivity contribution in [3.05, 3.63) is 57.8 Å². The molecule has 3 saturated heterocycles. The van der Waals surface area contributed by atoms with Crippen LogP contribution < -0.4 is 5.32 Å². The first-order valence-electron chi connectivity index (χ1n) is 21.7. The van der Waals surface area contributed by atoms with E-state index in [2.05, 4.69) is 56.1 Å². The molecule has 0 spiro atoms. The Morgan fingerprint density at radius 3 is 2.47 bits per heavy atom. The fourth-order valence-corrected chi connectivity index (χ4v) is 11.1. The highest BCUT2D eigenvalue weighted by molar-refractivity contribution is 7.12. The summed E-state index contributed by atoms with van der Waals surface area (Å²) in [5.41, 5.74) is 0.154. The molecule has 2 aromatic rings. The van der Waals surface area contributed by atoms with E-state index in [0.717, 1.165) is 23.7 Å². The fraction of sp³-hybridized carbons (Fsp3) is 0.660. The summed E-state index contributed by atoms with van der Waals surface area (Å²) in [4.78, 5) is 53.2. The molecule has 60 heavy (non-hydrogen) atoms. The lowest BCUT2D eigenvalue weighted by Crippen LogP contribution is -2.58. The van der Waals surface area contributed by atoms with E-state index >= 15 is 0 Å². The van der Waals surface area contributed by atoms with E-state index in [-0.39, 0.29) is 29.8 Å². The second-order valence-electron chi connectivity index (χ2n) is 18.3. The molecule has 5 heterocycles. The normalized spacial score (nSPS) is 36.4. The molecule has 2 bridgehead atoms. The van der Waals surface area contributed by atoms with E-state index in [0.29, 0.717) is 38.8 Å². The van der Waals surface area contributed by atoms with Crippen LogP contribution in [0.1, 0.15) is 96.4 Å². The molecule has 1 aromatic heterocycles. The second-order valence-corrected chi connectivity index (χ2v) is 19.4. The van der Waals surface area contributed by atoms with Gasteiger partial charge in [-0.05, 0) is 77.7 Å². The summed E-state index contributed by atoms with van der Waals surface area (Å²) in [5.74, 6) is 3.51. The topological polar surface area (TPSA) is 139 Å². The van der Waals surface area contributed by atoms with Gasteiger partial charge in [0.2, 0.25) is 0 Å². The predicted octanol–water partition coefficient (Wildman–Crippen LogP) is 6.47. The zero-order valence-corrected chi connectivity index (χ0v) is 37.9. The number of nitrogens with zero attached hydrogens (tertiary/aromatic N) is 3. The van der Waals surface area contributed by atoms with Gasteiger partial charge in [0.05, 0.1) is 29.7 Å². The lowest BCUT2D eigenvalue weighted by Gasteiger charge is -2.47. The maximum Gasteiger partial charge on any atom is 0.410 e. The summed E-state index contributed by atoms with van der Waals surface area (Å²) in [7, 11) is 3.85. The van der Waals surface area contributed by atoms with Crippen molar-refractivity contribution in [2.45, 2.75) is 143 Å². The molecule has 1 amide bonds. The van der Waals surface area contributed by atoms with Gasteiger partial charge in [-0.25, -0.2) is 4.79 Å². The zero-order valence-electron chi connectivity index (χ0n) is 37.1. The van der Waals surface area contributed by atoms with E-state index in [9.17, 15) is 19.5 Å². The number of thiophene rings is 1. The van der Waals surface area contributed by atoms with E-state index in [1.165, 1.54) is 10.4 Å². The van der Waals surface area contributed by atoms with E-state index < -0.39 is 65.6 Å². The number of amides is 1. The third-order valence-corrected chi connectivity index (χ3v) is 14.4. The molecule has 13 heteroatoms. The summed E-state index contributed by atoms with van der Waals surface area (Å²) in [6.07, 6.45) is -2.51. The average molecular weight is 847 g/mol. The lowest BCUT2D eigenvalue weighted by atomic mass is 9.66. The minimum Gasteiger partial charge on any atom is -0.458 e. The summed E-state index contributed by atoms with van der Waals surface area (Å²) in [6, 6.07) is 13.7. The van der Waals surface area contributed by atoms with Crippen molar-refractivity contribution >= 4 is 34.9 Å². The quantitative estimate of drug-likeness (QED) is 0.164. The molecule has 1 unspecified atom stereocenters. The minimum atomic E-state index is -1.17. The van der Waals surface area contributed by atoms with Crippen LogP contribution >= 0.6 is 11.3 Å². The number of carbonyl (C=O) groups excluding carboxylic acids is 3. The molecule has 13 atom stereocenters. The summed E-state index contributed by atoms with van der Waals surface area (Å²) >= 11 is 1.64. The van der Waals surface area contributed by atoms with Gasteiger partial charge in [0.25, 0.3) is 0 Å². The number of benzene rings is 1. The van der Waals surface area contributed by atoms with Gasteiger partial charge in [-0.15, -0.1) is 11.3 Å². The van der Waals surface area contributed by atoms with Crippen molar-refractivity contribution in [3.8, 4) is 11.8 Å². The smallest absolute Gasteiger partial charge is 0.410 e. The number of ether oxygens (including phenoxy) is 4. The Kier molecular flexibility index (Phi) is 14.7. The highest BCUT2D eigenvalue weighted by Crippen LogP contribution is 2.46. The van der Waals surface area contributed by atoms with Gasteiger partial charge in [0, 0.05) is 59.9 Å². The van der Waals surface area contributed by atoms with Crippen LogP contribution in [0.3, 0.4) is 0 Å². The number of hydrogen-bond donors (Lipinski definition) is 2. The van der Waals surface area contributed by atoms with E-state index in [1.54, 1.807) is 30.1 Å². The van der Waals surface area contributed by atoms with E-state index in [4.69, 9.17) is 23.9 Å². The molecule has 1 aromatic carbocycles. The Morgan fingerprint density at radius 2 is 1.77 bits per heavy atom. The zero-order chi connectivity index (χ0) is 43.5. The summed E-state index contributed by atoms with van der Waals surface area (Å²) in [6.45, 7) is 17.6. The van der Waals surface area contributed by atoms with Crippen molar-refractivity contribution in [2.75, 3.05) is 27.2 Å². The second kappa shape index (κ2) is 19.2. The highest BCUT2D eigenvalue weighted by Gasteiger charge is 2.60. The molecule has 0 radical (unpaired) electrons. The van der Waals surface area contributed by atoms with Gasteiger partial charge in [-0.2, -0.15) is 0 Å². The molecule has 0 saturated carbocycles. The molecule has 4 aliphatic heterocycles. The SMILES string of the molecule is CC[C@H]1OC(=O)[C@H](C)C(=O)[C@H](C)[C@@H](OC2O[C@H](C)C[C@H](N(C)C)[C@H]2O)[C@@](C)(CC#Cc2ccc(CNCc3ccccc3)s2)C[C@@H](C)C2=NCCN3C(=O)O[C@@]1(C)[C@H]3[C@H]2C. The molecule has 6 rings (SSSR count). The van der Waals surface area contributed by atoms with Crippen LogP contribution in [0.4, 0.5) is 4.79 Å². The van der Waals surface area contributed by atoms with Crippen LogP contribution in [-0.2, 0) is 41.6 Å². The number of nitrogens with one attached hydrogen (secondary N) is 1. The van der Waals surface area contributed by atoms with Gasteiger partial charge in [-0.1, -0.05) is 76.8 Å². The monoisotopic (exact) mass is 846 g/mol. The van der Waals surface area contributed by atoms with Crippen LogP contribution in [0.2, 0.25) is 0 Å². The maximum atomic E-state index is 14.7. The van der Waals surface area contributed by atoms with Crippen LogP contribution in [0, 0.1) is 40.9 Å². The molecule has 0 aliphatic carbocycles. The molecular formula is C47H66N4O8S. The number of fused-ring (bicyclic) bond motifs is 1. The third kappa shape index (κ3) is 9.69. The Hall–Kier alpha value is -3.64. The van der Waals surface area contributed by atoms with Crippen LogP contribution in [0.15, 0.2) is 47.5 Å². The van der Waals surface area contributed by atoms with Crippen LogP contribution in [-0.4, -0.2) is 114 Å². The number of esters is 1. The third-order valence-electron chi connectivity index (χ3n) is 13.3. The Labute approximate surface area is 360 Å². The van der Waals surface area contributed by atoms with Crippen molar-refractivity contribution < 1.29 is 38.4 Å². The lowest BCUT2D eigenvalue weighted by molar-refractivity contribution is -0.286. The fourth-order valence-electron chi connectivity index (χ4n) is 10.3. The molecule has 12 nitrogen and oxygen atoms in total. The number of ketones is 1. The molecule has 3 fully saturated rings. The minimum absolute atomic E-state index is 0.141. The first-order chi connectivity index (χ1) is 28.5. The molecular weight excluding hydrogens is 781 g/mol. The standard InChI is InChI=1S/C47H66N4O8S/c1-11-37-47(8)41-30(4)38(49-22-23-51(41)45(55)59-47)28(2)25-46(7,21-15-18-34-19-20-35(60-34)27-48-26-33-16-13-12-14-17-33)42(31(5)39(52)32(6)43(54)57-37)58-44-40(53)36(50(9)10)24-29(3)56-44/h12-14,16-17,19-20,28-32,36-37,40-42,44,48,53H,11,21-27H2,1-10H3/t28-,29-,30+,31+,32-,36+,37-,40-,41-,42-,44?,46+,47-/m1/s1. The van der Waals surface area contributed by atoms with Gasteiger partial charge in [0.15, 0.2) is 17.7 Å². The predicted molar refractivity (Wildman–Crippen MR) is 232 cm³/mol. The van der Waals surface area contributed by atoms with Crippen LogP contribution in [0.25, 0.3) is 0 Å². The Bertz CT molecular complexity index is 1930. The average Bonchev–Trinajstić information content (AvgIpc) is 3.70. The number of aliphatic imine (C=N–C) groups is 1. The first-order valence-corrected chi connectivity index (χ1v) is 22.5. The first kappa shape index (κ1) is 45.9. The molecule has 2 N–H and O–H groups in total. The number of cyclic esters (lactones) is 1. The number of rotatable bonds is 9. The van der Waals surface area contributed by atoms with Crippen molar-refractivity contribution in [1.82, 2.24) is 15.1 Å². The molecule has 4 aliphatic rings. The molecule has 328 valence electrons. The van der Waals surface area contributed by atoms with Crippen molar-refractivity contribution in [3.63, 3.8) is 0 Å². The number of likely N-dealkylation sites (N-methyl/N-ethyl adjacent to an activating group) is 1. The number of aliphatic hydroxyl groups excluding tert-OH is 1. The van der Waals surface area contributed by atoms with Gasteiger partial charge in [0.1, 0.15) is 18.1 Å². The Balaban J connectivity index is 1.38. The number of carbonyl (C=O) groups is 3. The highest BCUT2D eigenvalue weighted by atomic mass is 32.1. The summed E-state index contributed by atoms with van der Waals surface area (Å²) in [5, 5.41) is 15.3. The van der Waals surface area contributed by atoms with Crippen molar-refractivity contribution in [2.24, 2.45) is 34.1 Å².